The Balaban J connectivity index is 1.70. The summed E-state index contributed by atoms with van der Waals surface area (Å²) in [7, 11) is -1.66. The van der Waals surface area contributed by atoms with E-state index in [9.17, 15) is 0 Å². The molecular formula is C23H38O2SSi. The summed E-state index contributed by atoms with van der Waals surface area (Å²) in [5, 5.41) is 0.269. The van der Waals surface area contributed by atoms with Crippen LogP contribution >= 0.6 is 11.8 Å². The van der Waals surface area contributed by atoms with E-state index in [1.165, 1.54) is 4.90 Å². The first-order valence-corrected chi connectivity index (χ1v) is 14.2. The molecule has 27 heavy (non-hydrogen) atoms. The molecule has 1 aromatic carbocycles. The Hall–Kier alpha value is -0.553. The zero-order chi connectivity index (χ0) is 19.9. The van der Waals surface area contributed by atoms with Gasteiger partial charge in [-0.05, 0) is 55.4 Å². The van der Waals surface area contributed by atoms with Gasteiger partial charge in [-0.2, -0.15) is 0 Å². The molecule has 0 radical (unpaired) electrons. The van der Waals surface area contributed by atoms with Crippen LogP contribution in [0, 0.1) is 5.92 Å². The van der Waals surface area contributed by atoms with Gasteiger partial charge in [0.15, 0.2) is 8.32 Å². The Bertz CT molecular complexity index is 580. The normalized spacial score (nSPS) is 22.0. The molecule has 2 rings (SSSR count). The highest BCUT2D eigenvalue weighted by Crippen LogP contribution is 2.36. The predicted molar refractivity (Wildman–Crippen MR) is 121 cm³/mol. The van der Waals surface area contributed by atoms with E-state index >= 15 is 0 Å². The van der Waals surface area contributed by atoms with Gasteiger partial charge in [-0.15, -0.1) is 11.8 Å². The summed E-state index contributed by atoms with van der Waals surface area (Å²) >= 11 is 1.95. The average Bonchev–Trinajstić information content (AvgIpc) is 2.60. The Morgan fingerprint density at radius 2 is 1.93 bits per heavy atom. The molecule has 0 aliphatic carbocycles. The maximum Gasteiger partial charge on any atom is 0.191 e. The number of benzene rings is 1. The van der Waals surface area contributed by atoms with Crippen molar-refractivity contribution < 1.29 is 9.16 Å². The first-order valence-electron chi connectivity index (χ1n) is 10.3. The van der Waals surface area contributed by atoms with E-state index < -0.39 is 8.32 Å². The van der Waals surface area contributed by atoms with Crippen LogP contribution in [-0.2, 0) is 9.16 Å². The molecule has 1 aromatic rings. The summed E-state index contributed by atoms with van der Waals surface area (Å²) in [6.07, 6.45) is 8.23. The lowest BCUT2D eigenvalue weighted by Crippen LogP contribution is -2.41. The minimum Gasteiger partial charge on any atom is -0.417 e. The third kappa shape index (κ3) is 7.76. The Kier molecular flexibility index (Phi) is 8.66. The van der Waals surface area contributed by atoms with Crippen molar-refractivity contribution in [2.24, 2.45) is 5.92 Å². The molecule has 0 amide bonds. The zero-order valence-electron chi connectivity index (χ0n) is 18.0. The second-order valence-electron chi connectivity index (χ2n) is 9.32. The molecule has 0 unspecified atom stereocenters. The van der Waals surface area contributed by atoms with E-state index in [1.807, 2.05) is 11.8 Å². The molecule has 2 nitrogen and oxygen atoms in total. The maximum absolute atomic E-state index is 6.35. The second-order valence-corrected chi connectivity index (χ2v) is 15.2. The third-order valence-electron chi connectivity index (χ3n) is 5.73. The Morgan fingerprint density at radius 1 is 1.22 bits per heavy atom. The van der Waals surface area contributed by atoms with Gasteiger partial charge in [-0.25, -0.2) is 0 Å². The van der Waals surface area contributed by atoms with Crippen molar-refractivity contribution in [2.75, 3.05) is 12.4 Å². The molecule has 4 heteroatoms. The zero-order valence-corrected chi connectivity index (χ0v) is 19.9. The summed E-state index contributed by atoms with van der Waals surface area (Å²) in [5.41, 5.74) is 0. The maximum atomic E-state index is 6.35. The van der Waals surface area contributed by atoms with Gasteiger partial charge in [-0.1, -0.05) is 58.0 Å². The van der Waals surface area contributed by atoms with Crippen molar-refractivity contribution in [3.05, 3.63) is 42.5 Å². The van der Waals surface area contributed by atoms with Crippen molar-refractivity contribution in [3.63, 3.8) is 0 Å². The monoisotopic (exact) mass is 406 g/mol. The van der Waals surface area contributed by atoms with Gasteiger partial charge in [0.1, 0.15) is 0 Å². The number of hydrogen-bond acceptors (Lipinski definition) is 3. The predicted octanol–water partition coefficient (Wildman–Crippen LogP) is 6.93. The van der Waals surface area contributed by atoms with Crippen LogP contribution in [0.3, 0.4) is 0 Å². The van der Waals surface area contributed by atoms with Gasteiger partial charge in [0.25, 0.3) is 0 Å². The quantitative estimate of drug-likeness (QED) is 0.252. The topological polar surface area (TPSA) is 18.5 Å². The summed E-state index contributed by atoms with van der Waals surface area (Å²) < 4.78 is 12.7. The smallest absolute Gasteiger partial charge is 0.191 e. The first kappa shape index (κ1) is 22.7. The van der Waals surface area contributed by atoms with Gasteiger partial charge in [0.2, 0.25) is 0 Å². The molecule has 0 spiro atoms. The standard InChI is InChI=1S/C23H38O2SSi/c1-19(18-26-22-13-8-7-9-14-22)17-21-12-10-11-20(25-21)15-16-24-27(5,6)23(2,3)4/h7-11,13-14,19-21H,12,15-18H2,1-6H3/t19-,20-,21+/m1/s1. The number of rotatable bonds is 9. The van der Waals surface area contributed by atoms with E-state index in [-0.39, 0.29) is 11.1 Å². The van der Waals surface area contributed by atoms with Crippen LogP contribution in [0.1, 0.15) is 47.0 Å². The van der Waals surface area contributed by atoms with Gasteiger partial charge in [0.05, 0.1) is 12.2 Å². The van der Waals surface area contributed by atoms with E-state index in [0.717, 1.165) is 31.6 Å². The molecule has 0 fully saturated rings. The second kappa shape index (κ2) is 10.3. The van der Waals surface area contributed by atoms with Crippen molar-refractivity contribution in [1.29, 1.82) is 0 Å². The molecule has 1 heterocycles. The molecule has 3 atom stereocenters. The summed E-state index contributed by atoms with van der Waals surface area (Å²) in [5.74, 6) is 1.79. The van der Waals surface area contributed by atoms with Crippen LogP contribution in [0.2, 0.25) is 18.1 Å². The molecule has 0 saturated heterocycles. The molecule has 152 valence electrons. The largest absolute Gasteiger partial charge is 0.417 e. The molecule has 1 aliphatic heterocycles. The van der Waals surface area contributed by atoms with Crippen LogP contribution in [0.5, 0.6) is 0 Å². The fourth-order valence-electron chi connectivity index (χ4n) is 2.97. The number of hydrogen-bond donors (Lipinski definition) is 0. The minimum absolute atomic E-state index is 0.211. The fourth-order valence-corrected chi connectivity index (χ4v) is 4.99. The van der Waals surface area contributed by atoms with Crippen LogP contribution in [0.15, 0.2) is 47.4 Å². The van der Waals surface area contributed by atoms with Gasteiger partial charge in [0, 0.05) is 17.3 Å². The summed E-state index contributed by atoms with van der Waals surface area (Å²) in [4.78, 5) is 1.36. The highest BCUT2D eigenvalue weighted by atomic mass is 32.2. The van der Waals surface area contributed by atoms with Crippen LogP contribution in [0.25, 0.3) is 0 Å². The molecule has 0 N–H and O–H groups in total. The van der Waals surface area contributed by atoms with E-state index in [2.05, 4.69) is 83.3 Å². The average molecular weight is 407 g/mol. The van der Waals surface area contributed by atoms with E-state index in [4.69, 9.17) is 9.16 Å². The Labute approximate surface area is 172 Å². The van der Waals surface area contributed by atoms with E-state index in [1.54, 1.807) is 0 Å². The van der Waals surface area contributed by atoms with Crippen LogP contribution in [0.4, 0.5) is 0 Å². The minimum atomic E-state index is -1.66. The number of thioether (sulfide) groups is 1. The highest BCUT2D eigenvalue weighted by Gasteiger charge is 2.37. The molecule has 0 aromatic heterocycles. The lowest BCUT2D eigenvalue weighted by Gasteiger charge is -2.36. The summed E-state index contributed by atoms with van der Waals surface area (Å²) in [6.45, 7) is 14.7. The Morgan fingerprint density at radius 3 is 2.59 bits per heavy atom. The SMILES string of the molecule is C[C@@H](CSc1ccccc1)C[C@@H]1CC=C[C@H](CCO[Si](C)(C)C(C)(C)C)O1. The highest BCUT2D eigenvalue weighted by molar-refractivity contribution is 7.99. The molecule has 0 saturated carbocycles. The first-order chi connectivity index (χ1) is 12.7. The van der Waals surface area contributed by atoms with Crippen molar-refractivity contribution in [1.82, 2.24) is 0 Å². The molecule has 0 bridgehead atoms. The third-order valence-corrected chi connectivity index (χ3v) is 11.6. The van der Waals surface area contributed by atoms with Crippen molar-refractivity contribution in [3.8, 4) is 0 Å². The molecule has 1 aliphatic rings. The molecular weight excluding hydrogens is 368 g/mol. The lowest BCUT2D eigenvalue weighted by atomic mass is 10.0. The van der Waals surface area contributed by atoms with Crippen molar-refractivity contribution in [2.45, 2.75) is 82.2 Å². The van der Waals surface area contributed by atoms with Gasteiger partial charge < -0.3 is 9.16 Å². The van der Waals surface area contributed by atoms with Crippen LogP contribution in [-0.4, -0.2) is 32.9 Å². The van der Waals surface area contributed by atoms with Crippen LogP contribution < -0.4 is 0 Å². The van der Waals surface area contributed by atoms with Crippen molar-refractivity contribution >= 4 is 20.1 Å². The number of ether oxygens (including phenoxy) is 1. The lowest BCUT2D eigenvalue weighted by molar-refractivity contribution is -0.0134. The van der Waals surface area contributed by atoms with Gasteiger partial charge >= 0.3 is 0 Å². The van der Waals surface area contributed by atoms with E-state index in [0.29, 0.717) is 12.0 Å². The summed E-state index contributed by atoms with van der Waals surface area (Å²) in [6, 6.07) is 10.7. The fraction of sp³-hybridized carbons (Fsp3) is 0.652. The van der Waals surface area contributed by atoms with Gasteiger partial charge in [-0.3, -0.25) is 0 Å².